The lowest BCUT2D eigenvalue weighted by atomic mass is 10.0. The summed E-state index contributed by atoms with van der Waals surface area (Å²) in [6, 6.07) is 12.2. The number of hydrogen-bond donors (Lipinski definition) is 3. The zero-order valence-corrected chi connectivity index (χ0v) is 17.3. The summed E-state index contributed by atoms with van der Waals surface area (Å²) in [6.45, 7) is 2.94. The van der Waals surface area contributed by atoms with Crippen LogP contribution < -0.4 is 15.5 Å². The Morgan fingerprint density at radius 2 is 2.06 bits per heavy atom. The molecule has 4 rings (SSSR count). The summed E-state index contributed by atoms with van der Waals surface area (Å²) in [4.78, 5) is 24.5. The molecule has 1 fully saturated rings. The van der Waals surface area contributed by atoms with Gasteiger partial charge in [0.2, 0.25) is 5.91 Å². The maximum absolute atomic E-state index is 14.9. The molecule has 0 bridgehead atoms. The van der Waals surface area contributed by atoms with Crippen molar-refractivity contribution >= 4 is 17.7 Å². The van der Waals surface area contributed by atoms with Crippen molar-refractivity contribution in [1.82, 2.24) is 31.3 Å². The average molecular weight is 439 g/mol. The van der Waals surface area contributed by atoms with Crippen LogP contribution in [0.5, 0.6) is 0 Å². The second kappa shape index (κ2) is 9.52. The number of halogens is 1. The predicted octanol–water partition coefficient (Wildman–Crippen LogP) is 1.76. The van der Waals surface area contributed by atoms with Crippen molar-refractivity contribution in [2.24, 2.45) is 0 Å². The van der Waals surface area contributed by atoms with Crippen LogP contribution in [0, 0.1) is 5.82 Å². The highest BCUT2D eigenvalue weighted by atomic mass is 19.1. The molecule has 32 heavy (non-hydrogen) atoms. The number of H-pyrrole nitrogens is 1. The van der Waals surface area contributed by atoms with E-state index in [1.165, 1.54) is 17.9 Å². The zero-order chi connectivity index (χ0) is 22.5. The summed E-state index contributed by atoms with van der Waals surface area (Å²) in [7, 11) is 0. The van der Waals surface area contributed by atoms with E-state index in [2.05, 4.69) is 31.3 Å². The minimum atomic E-state index is -0.565. The molecule has 1 atom stereocenters. The van der Waals surface area contributed by atoms with Crippen molar-refractivity contribution in [3.05, 3.63) is 59.7 Å². The maximum Gasteiger partial charge on any atom is 0.414 e. The minimum absolute atomic E-state index is 0.205. The molecule has 1 saturated heterocycles. The first-order chi connectivity index (χ1) is 15.5. The first-order valence-corrected chi connectivity index (χ1v) is 10.0. The van der Waals surface area contributed by atoms with Crippen LogP contribution in [-0.4, -0.2) is 51.8 Å². The Hall–Kier alpha value is -3.86. The van der Waals surface area contributed by atoms with Crippen LogP contribution in [-0.2, 0) is 22.6 Å². The Labute approximate surface area is 183 Å². The third-order valence-corrected chi connectivity index (χ3v) is 4.98. The summed E-state index contributed by atoms with van der Waals surface area (Å²) in [6.07, 6.45) is -1.04. The quantitative estimate of drug-likeness (QED) is 0.488. The molecule has 0 aliphatic carbocycles. The molecule has 166 valence electrons. The van der Waals surface area contributed by atoms with Crippen molar-refractivity contribution in [2.45, 2.75) is 26.1 Å². The Bertz CT molecular complexity index is 1090. The molecular weight excluding hydrogens is 417 g/mol. The number of carbonyl (C=O) groups is 2. The first-order valence-electron chi connectivity index (χ1n) is 10.0. The number of aromatic nitrogens is 4. The van der Waals surface area contributed by atoms with Gasteiger partial charge in [0.15, 0.2) is 5.82 Å². The van der Waals surface area contributed by atoms with E-state index in [-0.39, 0.29) is 19.0 Å². The third kappa shape index (κ3) is 5.06. The monoisotopic (exact) mass is 439 g/mol. The molecule has 1 aliphatic rings. The number of tetrazole rings is 1. The topological polar surface area (TPSA) is 125 Å². The Balaban J connectivity index is 1.38. The van der Waals surface area contributed by atoms with E-state index < -0.39 is 18.0 Å². The van der Waals surface area contributed by atoms with Crippen LogP contribution in [0.4, 0.5) is 14.9 Å². The van der Waals surface area contributed by atoms with E-state index in [1.54, 1.807) is 12.1 Å². The standard InChI is InChI=1S/C21H22FN7O3/c1-13(30)24-10-17-12-29(21(31)32-17)16-6-7-18(19(22)8-16)15-4-2-14(3-5-15)9-23-11-20-25-27-28-26-20/h2-8,17,23H,9-12H2,1H3,(H,24,30)(H,25,26,27,28). The fraction of sp³-hybridized carbons (Fsp3) is 0.286. The predicted molar refractivity (Wildman–Crippen MR) is 113 cm³/mol. The molecule has 1 aliphatic heterocycles. The van der Waals surface area contributed by atoms with Crippen LogP contribution in [0.2, 0.25) is 0 Å². The van der Waals surface area contributed by atoms with E-state index in [9.17, 15) is 14.0 Å². The summed E-state index contributed by atoms with van der Waals surface area (Å²) in [5.74, 6) is -0.0700. The molecule has 2 amide bonds. The van der Waals surface area contributed by atoms with E-state index in [0.29, 0.717) is 30.2 Å². The van der Waals surface area contributed by atoms with Crippen molar-refractivity contribution in [2.75, 3.05) is 18.0 Å². The molecule has 1 aromatic heterocycles. The average Bonchev–Trinajstić information content (AvgIpc) is 3.42. The number of rotatable bonds is 8. The Morgan fingerprint density at radius 1 is 1.25 bits per heavy atom. The van der Waals surface area contributed by atoms with Gasteiger partial charge in [-0.05, 0) is 29.3 Å². The normalized spacial score (nSPS) is 15.6. The van der Waals surface area contributed by atoms with Crippen LogP contribution in [0.3, 0.4) is 0 Å². The van der Waals surface area contributed by atoms with Crippen LogP contribution >= 0.6 is 0 Å². The van der Waals surface area contributed by atoms with Gasteiger partial charge in [0.1, 0.15) is 11.9 Å². The van der Waals surface area contributed by atoms with Crippen LogP contribution in [0.15, 0.2) is 42.5 Å². The summed E-state index contributed by atoms with van der Waals surface area (Å²) < 4.78 is 20.1. The van der Waals surface area contributed by atoms with Crippen LogP contribution in [0.25, 0.3) is 11.1 Å². The minimum Gasteiger partial charge on any atom is -0.442 e. The number of ether oxygens (including phenoxy) is 1. The Kier molecular flexibility index (Phi) is 6.36. The van der Waals surface area contributed by atoms with Gasteiger partial charge >= 0.3 is 6.09 Å². The Morgan fingerprint density at radius 3 is 2.75 bits per heavy atom. The van der Waals surface area contributed by atoms with E-state index in [0.717, 1.165) is 11.1 Å². The molecule has 2 aromatic carbocycles. The second-order valence-electron chi connectivity index (χ2n) is 7.35. The molecule has 0 spiro atoms. The van der Waals surface area contributed by atoms with Gasteiger partial charge in [-0.1, -0.05) is 29.5 Å². The number of amides is 2. The number of aromatic amines is 1. The number of benzene rings is 2. The highest BCUT2D eigenvalue weighted by molar-refractivity contribution is 5.90. The molecule has 0 saturated carbocycles. The van der Waals surface area contributed by atoms with E-state index in [1.807, 2.05) is 24.3 Å². The molecule has 2 heterocycles. The largest absolute Gasteiger partial charge is 0.442 e. The molecule has 1 unspecified atom stereocenters. The first kappa shape index (κ1) is 21.4. The third-order valence-electron chi connectivity index (χ3n) is 4.98. The lowest BCUT2D eigenvalue weighted by molar-refractivity contribution is -0.119. The molecular formula is C21H22FN7O3. The van der Waals surface area contributed by atoms with E-state index >= 15 is 0 Å². The van der Waals surface area contributed by atoms with Gasteiger partial charge in [-0.25, -0.2) is 9.18 Å². The van der Waals surface area contributed by atoms with Gasteiger partial charge < -0.3 is 15.4 Å². The van der Waals surface area contributed by atoms with Crippen molar-refractivity contribution < 1.29 is 18.7 Å². The fourth-order valence-electron chi connectivity index (χ4n) is 3.38. The van der Waals surface area contributed by atoms with Crippen LogP contribution in [0.1, 0.15) is 18.3 Å². The van der Waals surface area contributed by atoms with Crippen molar-refractivity contribution in [3.8, 4) is 11.1 Å². The van der Waals surface area contributed by atoms with Gasteiger partial charge in [-0.3, -0.25) is 9.69 Å². The van der Waals surface area contributed by atoms with Crippen molar-refractivity contribution in [1.29, 1.82) is 0 Å². The number of nitrogens with one attached hydrogen (secondary N) is 3. The fourth-order valence-corrected chi connectivity index (χ4v) is 3.38. The number of carbonyl (C=O) groups excluding carboxylic acids is 2. The summed E-state index contributed by atoms with van der Waals surface area (Å²) in [5.41, 5.74) is 2.59. The molecule has 0 radical (unpaired) electrons. The number of hydrogen-bond acceptors (Lipinski definition) is 7. The second-order valence-corrected chi connectivity index (χ2v) is 7.35. The molecule has 3 aromatic rings. The molecule has 10 nitrogen and oxygen atoms in total. The smallest absolute Gasteiger partial charge is 0.414 e. The summed E-state index contributed by atoms with van der Waals surface area (Å²) in [5, 5.41) is 19.5. The lowest BCUT2D eigenvalue weighted by Crippen LogP contribution is -2.33. The van der Waals surface area contributed by atoms with E-state index in [4.69, 9.17) is 4.74 Å². The lowest BCUT2D eigenvalue weighted by Gasteiger charge is -2.15. The zero-order valence-electron chi connectivity index (χ0n) is 17.3. The van der Waals surface area contributed by atoms with Crippen molar-refractivity contribution in [3.63, 3.8) is 0 Å². The van der Waals surface area contributed by atoms with Gasteiger partial charge in [-0.15, -0.1) is 10.2 Å². The van der Waals surface area contributed by atoms with Gasteiger partial charge in [0.05, 0.1) is 25.3 Å². The van der Waals surface area contributed by atoms with Gasteiger partial charge in [0, 0.05) is 19.0 Å². The number of anilines is 1. The molecule has 3 N–H and O–H groups in total. The number of nitrogens with zero attached hydrogens (tertiary/aromatic N) is 4. The summed E-state index contributed by atoms with van der Waals surface area (Å²) >= 11 is 0. The highest BCUT2D eigenvalue weighted by Gasteiger charge is 2.32. The van der Waals surface area contributed by atoms with Gasteiger partial charge in [0.25, 0.3) is 0 Å². The highest BCUT2D eigenvalue weighted by Crippen LogP contribution is 2.29. The SMILES string of the molecule is CC(=O)NCC1CN(c2ccc(-c3ccc(CNCc4nn[nH]n4)cc3)c(F)c2)C(=O)O1. The molecule has 11 heteroatoms. The maximum atomic E-state index is 14.9. The van der Waals surface area contributed by atoms with Gasteiger partial charge in [-0.2, -0.15) is 5.21 Å². The number of cyclic esters (lactones) is 1.